The molecule has 7 heteroatoms. The molecule has 182 valence electrons. The number of ether oxygens (including phenoxy) is 1. The predicted octanol–water partition coefficient (Wildman–Crippen LogP) is 4.80. The first-order valence-electron chi connectivity index (χ1n) is 12.4. The Morgan fingerprint density at radius 3 is 2.47 bits per heavy atom. The maximum atomic E-state index is 12.7. The number of fused-ring (bicyclic) bond motifs is 1. The van der Waals surface area contributed by atoms with Gasteiger partial charge in [0.2, 0.25) is 0 Å². The highest BCUT2D eigenvalue weighted by Gasteiger charge is 2.34. The number of nitrogens with zero attached hydrogens (tertiary/aromatic N) is 3. The van der Waals surface area contributed by atoms with Crippen molar-refractivity contribution in [2.24, 2.45) is 0 Å². The molecule has 0 unspecified atom stereocenters. The van der Waals surface area contributed by atoms with Crippen LogP contribution in [-0.4, -0.2) is 50.3 Å². The minimum Gasteiger partial charge on any atom is -0.444 e. The summed E-state index contributed by atoms with van der Waals surface area (Å²) in [6.07, 6.45) is 1.47. The number of rotatable bonds is 7. The van der Waals surface area contributed by atoms with Gasteiger partial charge in [-0.15, -0.1) is 0 Å². The predicted molar refractivity (Wildman–Crippen MR) is 137 cm³/mol. The number of anilines is 3. The molecule has 4 rings (SSSR count). The topological polar surface area (TPSA) is 65.1 Å². The Bertz CT molecular complexity index is 1030. The van der Waals surface area contributed by atoms with Gasteiger partial charge in [0.05, 0.1) is 17.1 Å². The maximum absolute atomic E-state index is 12.7. The number of piperidine rings is 1. The van der Waals surface area contributed by atoms with Crippen LogP contribution in [0.1, 0.15) is 56.5 Å². The van der Waals surface area contributed by atoms with E-state index in [1.165, 1.54) is 0 Å². The molecular formula is C27H36N4O3. The first-order valence-corrected chi connectivity index (χ1v) is 12.4. The normalized spacial score (nSPS) is 16.3. The van der Waals surface area contributed by atoms with Gasteiger partial charge in [-0.25, -0.2) is 4.79 Å². The third kappa shape index (κ3) is 4.83. The van der Waals surface area contributed by atoms with Crippen LogP contribution in [0.5, 0.6) is 0 Å². The fourth-order valence-electron chi connectivity index (χ4n) is 4.98. The van der Waals surface area contributed by atoms with Crippen LogP contribution in [0.15, 0.2) is 42.5 Å². The lowest BCUT2D eigenvalue weighted by atomic mass is 9.99. The maximum Gasteiger partial charge on any atom is 0.414 e. The Morgan fingerprint density at radius 1 is 1.09 bits per heavy atom. The van der Waals surface area contributed by atoms with Crippen molar-refractivity contribution in [3.63, 3.8) is 0 Å². The molecule has 1 fully saturated rings. The lowest BCUT2D eigenvalue weighted by Crippen LogP contribution is -2.49. The lowest BCUT2D eigenvalue weighted by Gasteiger charge is -2.42. The second-order valence-corrected chi connectivity index (χ2v) is 9.28. The second kappa shape index (κ2) is 10.4. The number of amides is 2. The van der Waals surface area contributed by atoms with E-state index in [2.05, 4.69) is 35.0 Å². The molecule has 2 aliphatic rings. The van der Waals surface area contributed by atoms with E-state index in [-0.39, 0.29) is 24.1 Å². The lowest BCUT2D eigenvalue weighted by molar-refractivity contribution is 0.0943. The standard InChI is InChI=1S/C27H36N4O3/c1-5-29(6-2)25-17-20(26(32)28-19(3)4)11-12-24(25)30-15-13-22(14-16-30)31-23-10-8-7-9-21(23)18-34-27(31)33/h7-12,17,19,22H,5-6,13-16,18H2,1-4H3,(H,28,32). The Labute approximate surface area is 202 Å². The summed E-state index contributed by atoms with van der Waals surface area (Å²) in [5.41, 5.74) is 4.94. The van der Waals surface area contributed by atoms with E-state index in [1.54, 1.807) is 0 Å². The molecular weight excluding hydrogens is 428 g/mol. The van der Waals surface area contributed by atoms with Gasteiger partial charge in [-0.1, -0.05) is 18.2 Å². The van der Waals surface area contributed by atoms with Crippen LogP contribution in [-0.2, 0) is 11.3 Å². The molecule has 0 atom stereocenters. The fraction of sp³-hybridized carbons (Fsp3) is 0.481. The molecule has 2 amide bonds. The van der Waals surface area contributed by atoms with Crippen LogP contribution in [0.2, 0.25) is 0 Å². The first kappa shape index (κ1) is 23.9. The zero-order chi connectivity index (χ0) is 24.2. The Balaban J connectivity index is 1.55. The fourth-order valence-corrected chi connectivity index (χ4v) is 4.98. The summed E-state index contributed by atoms with van der Waals surface area (Å²) in [7, 11) is 0. The highest BCUT2D eigenvalue weighted by molar-refractivity contribution is 5.96. The van der Waals surface area contributed by atoms with E-state index < -0.39 is 0 Å². The molecule has 2 aromatic rings. The molecule has 0 aliphatic carbocycles. The number of nitrogens with one attached hydrogen (secondary N) is 1. The van der Waals surface area contributed by atoms with Crippen molar-refractivity contribution in [3.8, 4) is 0 Å². The van der Waals surface area contributed by atoms with Crippen molar-refractivity contribution in [2.75, 3.05) is 40.9 Å². The Hall–Kier alpha value is -3.22. The van der Waals surface area contributed by atoms with Crippen LogP contribution in [0, 0.1) is 0 Å². The molecule has 0 spiro atoms. The van der Waals surface area contributed by atoms with E-state index in [9.17, 15) is 9.59 Å². The van der Waals surface area contributed by atoms with E-state index in [4.69, 9.17) is 4.74 Å². The molecule has 2 heterocycles. The molecule has 34 heavy (non-hydrogen) atoms. The van der Waals surface area contributed by atoms with Crippen molar-refractivity contribution in [3.05, 3.63) is 53.6 Å². The molecule has 0 saturated carbocycles. The molecule has 2 aliphatic heterocycles. The van der Waals surface area contributed by atoms with Gasteiger partial charge in [0.15, 0.2) is 0 Å². The number of hydrogen-bond donors (Lipinski definition) is 1. The van der Waals surface area contributed by atoms with Gasteiger partial charge >= 0.3 is 6.09 Å². The molecule has 2 aromatic carbocycles. The SMILES string of the molecule is CCN(CC)c1cc(C(=O)NC(C)C)ccc1N1CCC(N2C(=O)OCc3ccccc32)CC1. The van der Waals surface area contributed by atoms with Crippen molar-refractivity contribution >= 4 is 29.1 Å². The number of carbonyl (C=O) groups excluding carboxylic acids is 2. The average molecular weight is 465 g/mol. The van der Waals surface area contributed by atoms with Crippen molar-refractivity contribution in [2.45, 2.75) is 59.2 Å². The van der Waals surface area contributed by atoms with E-state index in [0.717, 1.165) is 61.6 Å². The summed E-state index contributed by atoms with van der Waals surface area (Å²) in [6.45, 7) is 12.0. The zero-order valence-electron chi connectivity index (χ0n) is 20.7. The molecule has 1 saturated heterocycles. The van der Waals surface area contributed by atoms with E-state index in [0.29, 0.717) is 12.2 Å². The van der Waals surface area contributed by atoms with Crippen LogP contribution in [0.4, 0.5) is 21.9 Å². The third-order valence-electron chi connectivity index (χ3n) is 6.73. The minimum absolute atomic E-state index is 0.0454. The number of carbonyl (C=O) groups is 2. The number of cyclic esters (lactones) is 1. The van der Waals surface area contributed by atoms with Crippen LogP contribution in [0.3, 0.4) is 0 Å². The summed E-state index contributed by atoms with van der Waals surface area (Å²) in [5, 5.41) is 2.99. The van der Waals surface area contributed by atoms with E-state index >= 15 is 0 Å². The third-order valence-corrected chi connectivity index (χ3v) is 6.73. The quantitative estimate of drug-likeness (QED) is 0.638. The van der Waals surface area contributed by atoms with E-state index in [1.807, 2.05) is 55.1 Å². The summed E-state index contributed by atoms with van der Waals surface area (Å²) >= 11 is 0. The zero-order valence-corrected chi connectivity index (χ0v) is 20.7. The highest BCUT2D eigenvalue weighted by atomic mass is 16.6. The second-order valence-electron chi connectivity index (χ2n) is 9.28. The van der Waals surface area contributed by atoms with Crippen molar-refractivity contribution in [1.29, 1.82) is 0 Å². The van der Waals surface area contributed by atoms with Gasteiger partial charge in [0.25, 0.3) is 5.91 Å². The molecule has 0 aromatic heterocycles. The summed E-state index contributed by atoms with van der Waals surface area (Å²) in [4.78, 5) is 31.8. The summed E-state index contributed by atoms with van der Waals surface area (Å²) in [6, 6.07) is 14.2. The largest absolute Gasteiger partial charge is 0.444 e. The summed E-state index contributed by atoms with van der Waals surface area (Å²) in [5.74, 6) is -0.0454. The van der Waals surface area contributed by atoms with Crippen LogP contribution >= 0.6 is 0 Å². The van der Waals surface area contributed by atoms with Crippen molar-refractivity contribution < 1.29 is 14.3 Å². The Morgan fingerprint density at radius 2 is 1.79 bits per heavy atom. The van der Waals surface area contributed by atoms with Gasteiger partial charge in [-0.05, 0) is 64.8 Å². The van der Waals surface area contributed by atoms with Gasteiger partial charge in [0.1, 0.15) is 6.61 Å². The smallest absolute Gasteiger partial charge is 0.414 e. The Kier molecular flexibility index (Phi) is 7.29. The van der Waals surface area contributed by atoms with Gasteiger partial charge in [-0.2, -0.15) is 0 Å². The van der Waals surface area contributed by atoms with Crippen molar-refractivity contribution in [1.82, 2.24) is 5.32 Å². The molecule has 0 radical (unpaired) electrons. The number of para-hydroxylation sites is 1. The summed E-state index contributed by atoms with van der Waals surface area (Å²) < 4.78 is 5.45. The van der Waals surface area contributed by atoms with Gasteiger partial charge in [-0.3, -0.25) is 9.69 Å². The highest BCUT2D eigenvalue weighted by Crippen LogP contribution is 2.36. The van der Waals surface area contributed by atoms with Gasteiger partial charge in [0, 0.05) is 49.4 Å². The molecule has 7 nitrogen and oxygen atoms in total. The number of benzene rings is 2. The molecule has 1 N–H and O–H groups in total. The molecule has 0 bridgehead atoms. The first-order chi connectivity index (χ1) is 16.4. The average Bonchev–Trinajstić information content (AvgIpc) is 2.84. The van der Waals surface area contributed by atoms with Crippen LogP contribution < -0.4 is 20.0 Å². The minimum atomic E-state index is -0.249. The van der Waals surface area contributed by atoms with Gasteiger partial charge < -0.3 is 19.9 Å². The monoisotopic (exact) mass is 464 g/mol. The number of hydrogen-bond acceptors (Lipinski definition) is 5. The van der Waals surface area contributed by atoms with Crippen LogP contribution in [0.25, 0.3) is 0 Å².